The van der Waals surface area contributed by atoms with Crippen molar-refractivity contribution in [1.82, 2.24) is 9.97 Å². The van der Waals surface area contributed by atoms with E-state index in [0.717, 1.165) is 36.8 Å². The largest absolute Gasteiger partial charge is 0.497 e. The Morgan fingerprint density at radius 1 is 1.19 bits per heavy atom. The Hall–Kier alpha value is -2.30. The maximum Gasteiger partial charge on any atom is 0.134 e. The molecule has 5 nitrogen and oxygen atoms in total. The fraction of sp³-hybridized carbons (Fsp3) is 0.375. The van der Waals surface area contributed by atoms with Crippen molar-refractivity contribution in [2.75, 3.05) is 24.8 Å². The molecule has 0 atom stereocenters. The summed E-state index contributed by atoms with van der Waals surface area (Å²) in [5, 5.41) is 0. The van der Waals surface area contributed by atoms with Gasteiger partial charge in [-0.2, -0.15) is 0 Å². The van der Waals surface area contributed by atoms with Gasteiger partial charge in [0.2, 0.25) is 0 Å². The van der Waals surface area contributed by atoms with Crippen molar-refractivity contribution in [3.8, 4) is 5.75 Å². The summed E-state index contributed by atoms with van der Waals surface area (Å²) in [5.74, 6) is 3.03. The average Bonchev–Trinajstić information content (AvgIpc) is 2.48. The summed E-state index contributed by atoms with van der Waals surface area (Å²) in [4.78, 5) is 10.9. The second-order valence-corrected chi connectivity index (χ2v) is 5.02. The minimum absolute atomic E-state index is 0.519. The molecule has 1 aromatic carbocycles. The van der Waals surface area contributed by atoms with E-state index in [1.165, 1.54) is 5.56 Å². The van der Waals surface area contributed by atoms with E-state index in [9.17, 15) is 0 Å². The van der Waals surface area contributed by atoms with E-state index in [1.54, 1.807) is 7.11 Å². The number of nitrogens with zero attached hydrogens (tertiary/aromatic N) is 3. The SMILES string of the molecule is CCCc1nc(N)cc(N(C)Cc2ccc(OC)cc2)n1. The minimum Gasteiger partial charge on any atom is -0.497 e. The molecule has 2 rings (SSSR count). The van der Waals surface area contributed by atoms with Gasteiger partial charge in [-0.15, -0.1) is 0 Å². The van der Waals surface area contributed by atoms with Crippen molar-refractivity contribution in [2.24, 2.45) is 0 Å². The maximum atomic E-state index is 5.86. The average molecular weight is 286 g/mol. The summed E-state index contributed by atoms with van der Waals surface area (Å²) in [5.41, 5.74) is 7.05. The topological polar surface area (TPSA) is 64.3 Å². The summed E-state index contributed by atoms with van der Waals surface area (Å²) < 4.78 is 5.17. The molecule has 1 heterocycles. The van der Waals surface area contributed by atoms with Crippen molar-refractivity contribution in [2.45, 2.75) is 26.3 Å². The fourth-order valence-electron chi connectivity index (χ4n) is 2.12. The maximum absolute atomic E-state index is 5.86. The number of hydrogen-bond acceptors (Lipinski definition) is 5. The molecule has 5 heteroatoms. The summed E-state index contributed by atoms with van der Waals surface area (Å²) in [6.07, 6.45) is 1.85. The van der Waals surface area contributed by atoms with Crippen LogP contribution in [0.4, 0.5) is 11.6 Å². The van der Waals surface area contributed by atoms with Crippen LogP contribution in [0.5, 0.6) is 5.75 Å². The van der Waals surface area contributed by atoms with E-state index in [0.29, 0.717) is 5.82 Å². The number of hydrogen-bond donors (Lipinski definition) is 1. The standard InChI is InChI=1S/C16H22N4O/c1-4-5-15-18-14(17)10-16(19-15)20(2)11-12-6-8-13(21-3)9-7-12/h6-10H,4-5,11H2,1-3H3,(H2,17,18,19). The number of nitrogens with two attached hydrogens (primary N) is 1. The molecule has 21 heavy (non-hydrogen) atoms. The molecule has 1 aromatic heterocycles. The first-order valence-corrected chi connectivity index (χ1v) is 7.10. The zero-order chi connectivity index (χ0) is 15.2. The van der Waals surface area contributed by atoms with Crippen molar-refractivity contribution in [3.63, 3.8) is 0 Å². The Morgan fingerprint density at radius 2 is 1.90 bits per heavy atom. The van der Waals surface area contributed by atoms with Gasteiger partial charge >= 0.3 is 0 Å². The van der Waals surface area contributed by atoms with Crippen LogP contribution in [-0.4, -0.2) is 24.1 Å². The summed E-state index contributed by atoms with van der Waals surface area (Å²) >= 11 is 0. The number of methoxy groups -OCH3 is 1. The molecule has 0 radical (unpaired) electrons. The van der Waals surface area contributed by atoms with Gasteiger partial charge in [-0.25, -0.2) is 9.97 Å². The van der Waals surface area contributed by atoms with Crippen LogP contribution in [0.1, 0.15) is 24.7 Å². The molecule has 0 aliphatic rings. The number of aromatic nitrogens is 2. The molecular weight excluding hydrogens is 264 g/mol. The predicted octanol–water partition coefficient (Wildman–Crippen LogP) is 2.66. The number of anilines is 2. The summed E-state index contributed by atoms with van der Waals surface area (Å²) in [6, 6.07) is 9.82. The van der Waals surface area contributed by atoms with Crippen molar-refractivity contribution >= 4 is 11.6 Å². The van der Waals surface area contributed by atoms with Gasteiger partial charge in [0.25, 0.3) is 0 Å². The van der Waals surface area contributed by atoms with E-state index in [1.807, 2.05) is 37.4 Å². The highest BCUT2D eigenvalue weighted by Crippen LogP contribution is 2.18. The van der Waals surface area contributed by atoms with Crippen LogP contribution in [0, 0.1) is 0 Å². The third-order valence-corrected chi connectivity index (χ3v) is 3.22. The van der Waals surface area contributed by atoms with Crippen LogP contribution >= 0.6 is 0 Å². The number of nitrogen functional groups attached to an aromatic ring is 1. The van der Waals surface area contributed by atoms with Gasteiger partial charge in [-0.1, -0.05) is 19.1 Å². The highest BCUT2D eigenvalue weighted by Gasteiger charge is 2.08. The Bertz CT molecular complexity index is 583. The van der Waals surface area contributed by atoms with Crippen LogP contribution in [0.15, 0.2) is 30.3 Å². The van der Waals surface area contributed by atoms with Gasteiger partial charge in [0.15, 0.2) is 0 Å². The van der Waals surface area contributed by atoms with Crippen LogP contribution in [0.25, 0.3) is 0 Å². The Labute approximate surface area is 125 Å². The van der Waals surface area contributed by atoms with Crippen LogP contribution in [0.2, 0.25) is 0 Å². The normalized spacial score (nSPS) is 10.4. The number of aryl methyl sites for hydroxylation is 1. The first-order valence-electron chi connectivity index (χ1n) is 7.10. The molecule has 0 amide bonds. The van der Waals surface area contributed by atoms with E-state index >= 15 is 0 Å². The predicted molar refractivity (Wildman–Crippen MR) is 85.5 cm³/mol. The Morgan fingerprint density at radius 3 is 2.52 bits per heavy atom. The number of benzene rings is 1. The smallest absolute Gasteiger partial charge is 0.134 e. The fourth-order valence-corrected chi connectivity index (χ4v) is 2.12. The molecular formula is C16H22N4O. The third-order valence-electron chi connectivity index (χ3n) is 3.22. The number of ether oxygens (including phenoxy) is 1. The van der Waals surface area contributed by atoms with E-state index < -0.39 is 0 Å². The van der Waals surface area contributed by atoms with E-state index in [2.05, 4.69) is 21.8 Å². The van der Waals surface area contributed by atoms with Crippen LogP contribution in [-0.2, 0) is 13.0 Å². The summed E-state index contributed by atoms with van der Waals surface area (Å²) in [6.45, 7) is 2.86. The first kappa shape index (κ1) is 15.1. The zero-order valence-electron chi connectivity index (χ0n) is 12.8. The van der Waals surface area contributed by atoms with E-state index in [4.69, 9.17) is 10.5 Å². The Balaban J connectivity index is 2.13. The van der Waals surface area contributed by atoms with Crippen molar-refractivity contribution in [1.29, 1.82) is 0 Å². The molecule has 2 N–H and O–H groups in total. The molecule has 0 unspecified atom stereocenters. The van der Waals surface area contributed by atoms with Crippen LogP contribution in [0.3, 0.4) is 0 Å². The highest BCUT2D eigenvalue weighted by molar-refractivity contribution is 5.47. The first-order chi connectivity index (χ1) is 10.1. The number of rotatable bonds is 6. The molecule has 112 valence electrons. The molecule has 0 spiro atoms. The minimum atomic E-state index is 0.519. The summed E-state index contributed by atoms with van der Waals surface area (Å²) in [7, 11) is 3.67. The second kappa shape index (κ2) is 6.92. The molecule has 0 saturated heterocycles. The lowest BCUT2D eigenvalue weighted by atomic mass is 10.2. The third kappa shape index (κ3) is 4.08. The van der Waals surface area contributed by atoms with Gasteiger partial charge in [-0.05, 0) is 24.1 Å². The molecule has 0 bridgehead atoms. The lowest BCUT2D eigenvalue weighted by molar-refractivity contribution is 0.414. The second-order valence-electron chi connectivity index (χ2n) is 5.02. The van der Waals surface area contributed by atoms with E-state index in [-0.39, 0.29) is 0 Å². The lowest BCUT2D eigenvalue weighted by Gasteiger charge is -2.19. The van der Waals surface area contributed by atoms with Crippen LogP contribution < -0.4 is 15.4 Å². The molecule has 0 saturated carbocycles. The van der Waals surface area contributed by atoms with Crippen molar-refractivity contribution in [3.05, 3.63) is 41.7 Å². The van der Waals surface area contributed by atoms with Gasteiger partial charge in [0.1, 0.15) is 23.2 Å². The molecule has 0 aliphatic heterocycles. The molecule has 2 aromatic rings. The van der Waals surface area contributed by atoms with Gasteiger partial charge in [0, 0.05) is 26.1 Å². The monoisotopic (exact) mass is 286 g/mol. The lowest BCUT2D eigenvalue weighted by Crippen LogP contribution is -2.19. The Kier molecular flexibility index (Phi) is 4.98. The molecule has 0 aliphatic carbocycles. The zero-order valence-corrected chi connectivity index (χ0v) is 12.8. The van der Waals surface area contributed by atoms with Gasteiger partial charge in [-0.3, -0.25) is 0 Å². The van der Waals surface area contributed by atoms with Gasteiger partial charge < -0.3 is 15.4 Å². The highest BCUT2D eigenvalue weighted by atomic mass is 16.5. The quantitative estimate of drug-likeness (QED) is 0.884. The molecule has 0 fully saturated rings. The van der Waals surface area contributed by atoms with Gasteiger partial charge in [0.05, 0.1) is 7.11 Å². The van der Waals surface area contributed by atoms with Crippen molar-refractivity contribution < 1.29 is 4.74 Å².